The van der Waals surface area contributed by atoms with Crippen molar-refractivity contribution in [2.75, 3.05) is 13.7 Å². The first-order chi connectivity index (χ1) is 11.5. The summed E-state index contributed by atoms with van der Waals surface area (Å²) >= 11 is 0. The predicted molar refractivity (Wildman–Crippen MR) is 85.6 cm³/mol. The van der Waals surface area contributed by atoms with Crippen molar-refractivity contribution in [3.8, 4) is 11.8 Å². The number of carbonyl (C=O) groups excluding carboxylic acids is 1. The first-order valence-corrected chi connectivity index (χ1v) is 7.67. The van der Waals surface area contributed by atoms with Crippen LogP contribution in [-0.4, -0.2) is 35.7 Å². The van der Waals surface area contributed by atoms with Crippen LogP contribution in [0.1, 0.15) is 39.9 Å². The molecule has 0 aliphatic carbocycles. The summed E-state index contributed by atoms with van der Waals surface area (Å²) in [4.78, 5) is 14.5. The summed E-state index contributed by atoms with van der Waals surface area (Å²) in [5.74, 6) is 0.963. The van der Waals surface area contributed by atoms with Crippen molar-refractivity contribution in [3.05, 3.63) is 53.0 Å². The number of nitrogens with zero attached hydrogens (tertiary/aromatic N) is 2. The topological polar surface area (TPSA) is 86.7 Å². The van der Waals surface area contributed by atoms with E-state index in [-0.39, 0.29) is 24.3 Å². The van der Waals surface area contributed by atoms with Crippen molar-refractivity contribution in [3.63, 3.8) is 0 Å². The molecule has 1 saturated heterocycles. The summed E-state index contributed by atoms with van der Waals surface area (Å²) in [6, 6.07) is 10.6. The van der Waals surface area contributed by atoms with Gasteiger partial charge in [-0.2, -0.15) is 5.26 Å². The van der Waals surface area contributed by atoms with Crippen molar-refractivity contribution in [2.45, 2.75) is 25.5 Å². The van der Waals surface area contributed by atoms with Gasteiger partial charge in [-0.15, -0.1) is 0 Å². The second-order valence-electron chi connectivity index (χ2n) is 5.83. The number of aliphatic hydroxyl groups excluding tert-OH is 1. The molecule has 0 radical (unpaired) electrons. The number of ether oxygens (including phenoxy) is 1. The minimum absolute atomic E-state index is 0.105. The summed E-state index contributed by atoms with van der Waals surface area (Å²) in [6.07, 6.45) is -0.131. The number of aryl methyl sites for hydroxylation is 1. The Balaban J connectivity index is 1.94. The Morgan fingerprint density at radius 3 is 2.92 bits per heavy atom. The first-order valence-electron chi connectivity index (χ1n) is 7.67. The van der Waals surface area contributed by atoms with E-state index in [1.807, 2.05) is 30.3 Å². The van der Waals surface area contributed by atoms with Crippen LogP contribution in [-0.2, 0) is 0 Å². The standard InChI is InChI=1S/C18H18N2O4/c1-11-16(8-15(9-19)24-11)18(22)20-10-13(21)7-17(20)12-4-3-5-14(6-12)23-2/h3-6,8,13,17,21H,7,10H2,1-2H3/t13-,17-/m0/s1. The van der Waals surface area contributed by atoms with Crippen LogP contribution >= 0.6 is 0 Å². The van der Waals surface area contributed by atoms with Crippen molar-refractivity contribution >= 4 is 5.91 Å². The van der Waals surface area contributed by atoms with Crippen LogP contribution in [0.4, 0.5) is 0 Å². The molecule has 1 aliphatic heterocycles. The second-order valence-corrected chi connectivity index (χ2v) is 5.83. The number of aliphatic hydroxyl groups is 1. The van der Waals surface area contributed by atoms with E-state index in [4.69, 9.17) is 14.4 Å². The maximum Gasteiger partial charge on any atom is 0.258 e. The highest BCUT2D eigenvalue weighted by molar-refractivity contribution is 5.96. The Labute approximate surface area is 139 Å². The number of rotatable bonds is 3. The zero-order valence-electron chi connectivity index (χ0n) is 13.5. The Morgan fingerprint density at radius 2 is 2.25 bits per heavy atom. The first kappa shape index (κ1) is 16.1. The molecule has 124 valence electrons. The van der Waals surface area contributed by atoms with Gasteiger partial charge in [-0.3, -0.25) is 4.79 Å². The zero-order chi connectivity index (χ0) is 17.3. The largest absolute Gasteiger partial charge is 0.497 e. The molecule has 1 fully saturated rings. The number of benzene rings is 1. The van der Waals surface area contributed by atoms with Crippen molar-refractivity contribution in [1.29, 1.82) is 5.26 Å². The summed E-state index contributed by atoms with van der Waals surface area (Å²) < 4.78 is 10.5. The highest BCUT2D eigenvalue weighted by atomic mass is 16.5. The van der Waals surface area contributed by atoms with Gasteiger partial charge in [0, 0.05) is 12.6 Å². The molecule has 0 bridgehead atoms. The van der Waals surface area contributed by atoms with E-state index in [0.717, 1.165) is 5.56 Å². The minimum atomic E-state index is -0.590. The second kappa shape index (κ2) is 6.38. The van der Waals surface area contributed by atoms with Crippen LogP contribution in [0.3, 0.4) is 0 Å². The van der Waals surface area contributed by atoms with Crippen LogP contribution in [0, 0.1) is 18.3 Å². The van der Waals surface area contributed by atoms with Gasteiger partial charge >= 0.3 is 0 Å². The Morgan fingerprint density at radius 1 is 1.46 bits per heavy atom. The number of furan rings is 1. The number of amides is 1. The van der Waals surface area contributed by atoms with E-state index in [9.17, 15) is 9.90 Å². The molecule has 6 heteroatoms. The molecule has 0 saturated carbocycles. The van der Waals surface area contributed by atoms with Gasteiger partial charge < -0.3 is 19.2 Å². The summed E-state index contributed by atoms with van der Waals surface area (Å²) in [6.45, 7) is 1.90. The highest BCUT2D eigenvalue weighted by Crippen LogP contribution is 2.35. The normalized spacial score (nSPS) is 20.0. The summed E-state index contributed by atoms with van der Waals surface area (Å²) in [7, 11) is 1.59. The molecular formula is C18H18N2O4. The van der Waals surface area contributed by atoms with Crippen LogP contribution in [0.5, 0.6) is 5.75 Å². The molecule has 2 atom stereocenters. The van der Waals surface area contributed by atoms with Gasteiger partial charge in [0.1, 0.15) is 17.6 Å². The third-order valence-corrected chi connectivity index (χ3v) is 4.28. The number of hydrogen-bond acceptors (Lipinski definition) is 5. The van der Waals surface area contributed by atoms with E-state index in [0.29, 0.717) is 23.5 Å². The third kappa shape index (κ3) is 2.86. The fourth-order valence-corrected chi connectivity index (χ4v) is 3.11. The number of likely N-dealkylation sites (tertiary alicyclic amines) is 1. The SMILES string of the molecule is COc1cccc([C@@H]2C[C@H](O)CN2C(=O)c2cc(C#N)oc2C)c1. The fraction of sp³-hybridized carbons (Fsp3) is 0.333. The summed E-state index contributed by atoms with van der Waals surface area (Å²) in [5, 5.41) is 19.0. The van der Waals surface area contributed by atoms with Gasteiger partial charge in [0.05, 0.1) is 24.8 Å². The molecule has 1 aromatic carbocycles. The number of nitriles is 1. The van der Waals surface area contributed by atoms with Gasteiger partial charge in [0.2, 0.25) is 5.76 Å². The average molecular weight is 326 g/mol. The van der Waals surface area contributed by atoms with Gasteiger partial charge in [0.25, 0.3) is 5.91 Å². The molecular weight excluding hydrogens is 308 g/mol. The predicted octanol–water partition coefficient (Wildman–Crippen LogP) is 2.42. The maximum absolute atomic E-state index is 12.9. The lowest BCUT2D eigenvalue weighted by Crippen LogP contribution is -2.32. The van der Waals surface area contributed by atoms with Crippen LogP contribution in [0.25, 0.3) is 0 Å². The molecule has 2 heterocycles. The number of β-amino-alcohol motifs (C(OH)–C–C–N with tert-alkyl or cyclic N) is 1. The molecule has 24 heavy (non-hydrogen) atoms. The molecule has 6 nitrogen and oxygen atoms in total. The number of hydrogen-bond donors (Lipinski definition) is 1. The van der Waals surface area contributed by atoms with Crippen molar-refractivity contribution in [1.82, 2.24) is 4.90 Å². The van der Waals surface area contributed by atoms with Crippen molar-refractivity contribution in [2.24, 2.45) is 0 Å². The molecule has 1 aliphatic rings. The highest BCUT2D eigenvalue weighted by Gasteiger charge is 2.37. The van der Waals surface area contributed by atoms with E-state index >= 15 is 0 Å². The smallest absolute Gasteiger partial charge is 0.258 e. The maximum atomic E-state index is 12.9. The summed E-state index contributed by atoms with van der Waals surface area (Å²) in [5.41, 5.74) is 1.26. The van der Waals surface area contributed by atoms with E-state index in [1.165, 1.54) is 6.07 Å². The lowest BCUT2D eigenvalue weighted by Gasteiger charge is -2.24. The van der Waals surface area contributed by atoms with Gasteiger partial charge in [-0.1, -0.05) is 12.1 Å². The minimum Gasteiger partial charge on any atom is -0.497 e. The van der Waals surface area contributed by atoms with E-state index in [2.05, 4.69) is 0 Å². The molecule has 0 unspecified atom stereocenters. The van der Waals surface area contributed by atoms with Crippen LogP contribution in [0.2, 0.25) is 0 Å². The molecule has 1 N–H and O–H groups in total. The number of carbonyl (C=O) groups is 1. The van der Waals surface area contributed by atoms with E-state index < -0.39 is 6.10 Å². The lowest BCUT2D eigenvalue weighted by molar-refractivity contribution is 0.0714. The Kier molecular flexibility index (Phi) is 4.28. The molecule has 2 aromatic rings. The van der Waals surface area contributed by atoms with Crippen LogP contribution < -0.4 is 4.74 Å². The van der Waals surface area contributed by atoms with Gasteiger partial charge in [0.15, 0.2) is 0 Å². The quantitative estimate of drug-likeness (QED) is 0.936. The Hall–Kier alpha value is -2.78. The van der Waals surface area contributed by atoms with Crippen molar-refractivity contribution < 1.29 is 19.1 Å². The molecule has 3 rings (SSSR count). The van der Waals surface area contributed by atoms with Gasteiger partial charge in [-0.05, 0) is 31.0 Å². The monoisotopic (exact) mass is 326 g/mol. The fourth-order valence-electron chi connectivity index (χ4n) is 3.11. The Bertz CT molecular complexity index is 806. The zero-order valence-corrected chi connectivity index (χ0v) is 13.5. The average Bonchev–Trinajstić information content (AvgIpc) is 3.17. The van der Waals surface area contributed by atoms with Gasteiger partial charge in [-0.25, -0.2) is 0 Å². The van der Waals surface area contributed by atoms with Crippen LogP contribution in [0.15, 0.2) is 34.7 Å². The van der Waals surface area contributed by atoms with E-state index in [1.54, 1.807) is 18.9 Å². The third-order valence-electron chi connectivity index (χ3n) is 4.28. The molecule has 1 aromatic heterocycles. The molecule has 0 spiro atoms. The molecule has 1 amide bonds. The lowest BCUT2D eigenvalue weighted by atomic mass is 10.0. The number of methoxy groups -OCH3 is 1.